The monoisotopic (exact) mass is 290 g/mol. The fourth-order valence-corrected chi connectivity index (χ4v) is 2.10. The second kappa shape index (κ2) is 5.28. The van der Waals surface area contributed by atoms with Gasteiger partial charge in [0.15, 0.2) is 0 Å². The smallest absolute Gasteiger partial charge is 0.465 e. The van der Waals surface area contributed by atoms with E-state index in [1.807, 2.05) is 27.7 Å². The van der Waals surface area contributed by atoms with Crippen LogP contribution in [-0.4, -0.2) is 37.7 Å². The molecule has 0 N–H and O–H groups in total. The average molecular weight is 290 g/mol. The Bertz CT molecular complexity index is 563. The van der Waals surface area contributed by atoms with E-state index in [-0.39, 0.29) is 0 Å². The number of carbonyl (C=O) groups excluding carboxylic acids is 2. The van der Waals surface area contributed by atoms with Gasteiger partial charge in [-0.3, -0.25) is 4.79 Å². The number of rotatable bonds is 3. The van der Waals surface area contributed by atoms with E-state index in [0.29, 0.717) is 22.9 Å². The van der Waals surface area contributed by atoms with Gasteiger partial charge in [-0.05, 0) is 45.3 Å². The molecule has 0 atom stereocenters. The van der Waals surface area contributed by atoms with E-state index in [4.69, 9.17) is 14.0 Å². The molecule has 0 spiro atoms. The van der Waals surface area contributed by atoms with Gasteiger partial charge in [0.1, 0.15) is 6.29 Å². The topological polar surface area (TPSA) is 61.8 Å². The largest absolute Gasteiger partial charge is 0.494 e. The molecule has 1 aliphatic rings. The van der Waals surface area contributed by atoms with Crippen molar-refractivity contribution in [3.05, 3.63) is 29.3 Å². The van der Waals surface area contributed by atoms with Crippen LogP contribution in [0.3, 0.4) is 0 Å². The maximum absolute atomic E-state index is 11.7. The molecule has 1 saturated heterocycles. The molecule has 2 rings (SSSR count). The van der Waals surface area contributed by atoms with Gasteiger partial charge in [0, 0.05) is 5.56 Å². The van der Waals surface area contributed by atoms with Crippen LogP contribution in [0.5, 0.6) is 0 Å². The third-order valence-electron chi connectivity index (χ3n) is 4.06. The van der Waals surface area contributed by atoms with Crippen molar-refractivity contribution in [1.29, 1.82) is 0 Å². The van der Waals surface area contributed by atoms with Crippen molar-refractivity contribution in [3.8, 4) is 0 Å². The molecule has 21 heavy (non-hydrogen) atoms. The molecule has 5 nitrogen and oxygen atoms in total. The van der Waals surface area contributed by atoms with Gasteiger partial charge in [0.2, 0.25) is 0 Å². The number of methoxy groups -OCH3 is 1. The van der Waals surface area contributed by atoms with Gasteiger partial charge in [-0.1, -0.05) is 6.07 Å². The number of carbonyl (C=O) groups is 2. The Labute approximate surface area is 124 Å². The summed E-state index contributed by atoms with van der Waals surface area (Å²) < 4.78 is 16.6. The summed E-state index contributed by atoms with van der Waals surface area (Å²) in [6.07, 6.45) is 0.682. The molecule has 0 amide bonds. The zero-order valence-corrected chi connectivity index (χ0v) is 12.9. The zero-order valence-electron chi connectivity index (χ0n) is 12.9. The predicted octanol–water partition coefficient (Wildman–Crippen LogP) is 1.58. The van der Waals surface area contributed by atoms with E-state index in [1.165, 1.54) is 13.2 Å². The van der Waals surface area contributed by atoms with Gasteiger partial charge >= 0.3 is 13.1 Å². The lowest BCUT2D eigenvalue weighted by atomic mass is 9.77. The Morgan fingerprint density at radius 3 is 2.19 bits per heavy atom. The summed E-state index contributed by atoms with van der Waals surface area (Å²) >= 11 is 0. The lowest BCUT2D eigenvalue weighted by Gasteiger charge is -2.32. The Balaban J connectivity index is 2.41. The molecule has 6 heteroatoms. The number of aldehydes is 1. The van der Waals surface area contributed by atoms with Crippen molar-refractivity contribution in [2.24, 2.45) is 0 Å². The first-order chi connectivity index (χ1) is 9.70. The van der Waals surface area contributed by atoms with E-state index in [9.17, 15) is 9.59 Å². The van der Waals surface area contributed by atoms with Crippen LogP contribution in [0.4, 0.5) is 0 Å². The van der Waals surface area contributed by atoms with E-state index >= 15 is 0 Å². The van der Waals surface area contributed by atoms with Gasteiger partial charge in [-0.2, -0.15) is 0 Å². The normalized spacial score (nSPS) is 19.4. The highest BCUT2D eigenvalue weighted by atomic mass is 16.7. The number of esters is 1. The summed E-state index contributed by atoms with van der Waals surface area (Å²) in [7, 11) is 0.669. The molecule has 0 aromatic heterocycles. The molecular formula is C15H19BO5. The van der Waals surface area contributed by atoms with Crippen LogP contribution in [0.15, 0.2) is 18.2 Å². The van der Waals surface area contributed by atoms with Crippen LogP contribution < -0.4 is 5.46 Å². The third-order valence-corrected chi connectivity index (χ3v) is 4.06. The standard InChI is InChI=1S/C15H19BO5/c1-14(2)15(3,4)21-16(20-14)12-7-10(9-17)6-11(8-12)13(18)19-5/h6-9H,1-5H3. The Hall–Kier alpha value is -1.66. The van der Waals surface area contributed by atoms with E-state index in [0.717, 1.165) is 0 Å². The molecule has 1 aliphatic heterocycles. The first-order valence-electron chi connectivity index (χ1n) is 6.74. The maximum Gasteiger partial charge on any atom is 0.494 e. The summed E-state index contributed by atoms with van der Waals surface area (Å²) in [5, 5.41) is 0. The zero-order chi connectivity index (χ0) is 15.8. The Morgan fingerprint density at radius 1 is 1.14 bits per heavy atom. The molecule has 112 valence electrons. The molecule has 1 aromatic carbocycles. The minimum absolute atomic E-state index is 0.298. The SMILES string of the molecule is COC(=O)c1cc(C=O)cc(B2OC(C)(C)C(C)(C)O2)c1. The number of ether oxygens (including phenoxy) is 1. The van der Waals surface area contributed by atoms with Gasteiger partial charge in [-0.15, -0.1) is 0 Å². The van der Waals surface area contributed by atoms with Crippen LogP contribution >= 0.6 is 0 Å². The summed E-state index contributed by atoms with van der Waals surface area (Å²) in [5.74, 6) is -0.503. The molecule has 1 fully saturated rings. The summed E-state index contributed by atoms with van der Waals surface area (Å²) in [5.41, 5.74) is 0.327. The van der Waals surface area contributed by atoms with Crippen molar-refractivity contribution in [2.45, 2.75) is 38.9 Å². The highest BCUT2D eigenvalue weighted by Gasteiger charge is 2.51. The van der Waals surface area contributed by atoms with Gasteiger partial charge in [0.25, 0.3) is 0 Å². The fourth-order valence-electron chi connectivity index (χ4n) is 2.10. The molecule has 0 unspecified atom stereocenters. The molecule has 0 saturated carbocycles. The highest BCUT2D eigenvalue weighted by molar-refractivity contribution is 6.62. The quantitative estimate of drug-likeness (QED) is 0.480. The number of benzene rings is 1. The van der Waals surface area contributed by atoms with Crippen molar-refractivity contribution < 1.29 is 23.6 Å². The minimum Gasteiger partial charge on any atom is -0.465 e. The van der Waals surface area contributed by atoms with Crippen LogP contribution in [0.2, 0.25) is 0 Å². The maximum atomic E-state index is 11.7. The first kappa shape index (κ1) is 15.7. The van der Waals surface area contributed by atoms with Crippen molar-refractivity contribution in [1.82, 2.24) is 0 Å². The summed E-state index contributed by atoms with van der Waals surface area (Å²) in [6.45, 7) is 7.77. The van der Waals surface area contributed by atoms with Crippen LogP contribution in [0, 0.1) is 0 Å². The molecule has 0 radical (unpaired) electrons. The Kier molecular flexibility index (Phi) is 3.95. The highest BCUT2D eigenvalue weighted by Crippen LogP contribution is 2.36. The predicted molar refractivity (Wildman–Crippen MR) is 78.9 cm³/mol. The molecule has 0 aliphatic carbocycles. The van der Waals surface area contributed by atoms with Crippen LogP contribution in [0.25, 0.3) is 0 Å². The average Bonchev–Trinajstić information content (AvgIpc) is 2.66. The molecule has 1 heterocycles. The van der Waals surface area contributed by atoms with Crippen molar-refractivity contribution in [2.75, 3.05) is 7.11 Å². The Morgan fingerprint density at radius 2 is 1.71 bits per heavy atom. The minimum atomic E-state index is -0.627. The van der Waals surface area contributed by atoms with Crippen LogP contribution in [-0.2, 0) is 14.0 Å². The van der Waals surface area contributed by atoms with Crippen LogP contribution in [0.1, 0.15) is 48.4 Å². The van der Waals surface area contributed by atoms with Gasteiger partial charge in [0.05, 0.1) is 23.9 Å². The fraction of sp³-hybridized carbons (Fsp3) is 0.467. The third kappa shape index (κ3) is 2.87. The second-order valence-corrected chi connectivity index (χ2v) is 6.09. The van der Waals surface area contributed by atoms with Crippen molar-refractivity contribution in [3.63, 3.8) is 0 Å². The van der Waals surface area contributed by atoms with Crippen molar-refractivity contribution >= 4 is 24.8 Å². The number of hydrogen-bond acceptors (Lipinski definition) is 5. The van der Waals surface area contributed by atoms with E-state index < -0.39 is 24.3 Å². The molecular weight excluding hydrogens is 271 g/mol. The van der Waals surface area contributed by atoms with E-state index in [1.54, 1.807) is 12.1 Å². The first-order valence-corrected chi connectivity index (χ1v) is 6.74. The molecule has 0 bridgehead atoms. The number of hydrogen-bond donors (Lipinski definition) is 0. The van der Waals surface area contributed by atoms with E-state index in [2.05, 4.69) is 0 Å². The summed E-state index contributed by atoms with van der Waals surface area (Å²) in [6, 6.07) is 4.76. The van der Waals surface area contributed by atoms with Gasteiger partial charge < -0.3 is 14.0 Å². The summed E-state index contributed by atoms with van der Waals surface area (Å²) in [4.78, 5) is 22.7. The lowest BCUT2D eigenvalue weighted by molar-refractivity contribution is 0.00578. The van der Waals surface area contributed by atoms with Gasteiger partial charge in [-0.25, -0.2) is 4.79 Å². The lowest BCUT2D eigenvalue weighted by Crippen LogP contribution is -2.41. The molecule has 1 aromatic rings. The second-order valence-electron chi connectivity index (χ2n) is 6.09.